The van der Waals surface area contributed by atoms with Crippen LogP contribution in [0.15, 0.2) is 40.9 Å². The van der Waals surface area contributed by atoms with Gasteiger partial charge in [-0.1, -0.05) is 35.5 Å². The fraction of sp³-hybridized carbons (Fsp3) is 0.450. The molecule has 3 heterocycles. The van der Waals surface area contributed by atoms with Crippen LogP contribution in [0.1, 0.15) is 31.3 Å². The highest BCUT2D eigenvalue weighted by Gasteiger charge is 2.55. The monoisotopic (exact) mass is 369 g/mol. The third-order valence-electron chi connectivity index (χ3n) is 4.83. The number of likely N-dealkylation sites (tertiary alicyclic amines) is 2. The Labute approximate surface area is 157 Å². The molecule has 0 radical (unpaired) electrons. The van der Waals surface area contributed by atoms with Crippen molar-refractivity contribution >= 4 is 12.0 Å². The summed E-state index contributed by atoms with van der Waals surface area (Å²) in [6.45, 7) is 8.06. The number of hydrogen-bond acceptors (Lipinski definition) is 5. The minimum Gasteiger partial charge on any atom is -0.444 e. The highest BCUT2D eigenvalue weighted by atomic mass is 16.6. The lowest BCUT2D eigenvalue weighted by Crippen LogP contribution is -2.73. The lowest BCUT2D eigenvalue weighted by molar-refractivity contribution is -0.0982. The summed E-state index contributed by atoms with van der Waals surface area (Å²) in [7, 11) is 0. The van der Waals surface area contributed by atoms with E-state index in [0.717, 1.165) is 5.56 Å². The molecule has 2 aromatic rings. The summed E-state index contributed by atoms with van der Waals surface area (Å²) in [5.41, 5.74) is 0.701. The first-order valence-electron chi connectivity index (χ1n) is 9.04. The number of aromatic nitrogens is 1. The quantitative estimate of drug-likeness (QED) is 0.813. The van der Waals surface area contributed by atoms with Crippen LogP contribution in [-0.4, -0.2) is 58.7 Å². The zero-order valence-electron chi connectivity index (χ0n) is 15.8. The molecule has 2 aliphatic heterocycles. The Kier molecular flexibility index (Phi) is 3.98. The van der Waals surface area contributed by atoms with Crippen LogP contribution in [-0.2, 0) is 4.74 Å². The van der Waals surface area contributed by atoms with Crippen LogP contribution in [0.5, 0.6) is 0 Å². The summed E-state index contributed by atoms with van der Waals surface area (Å²) in [6, 6.07) is 11.2. The fourth-order valence-electron chi connectivity index (χ4n) is 3.60. The van der Waals surface area contributed by atoms with Gasteiger partial charge >= 0.3 is 6.09 Å². The van der Waals surface area contributed by atoms with Gasteiger partial charge in [0.15, 0.2) is 11.5 Å². The molecule has 4 rings (SSSR count). The first-order valence-corrected chi connectivity index (χ1v) is 9.04. The van der Waals surface area contributed by atoms with E-state index in [1.807, 2.05) is 51.1 Å². The molecule has 0 atom stereocenters. The second-order valence-corrected chi connectivity index (χ2v) is 8.44. The van der Waals surface area contributed by atoms with Crippen LogP contribution in [0.2, 0.25) is 0 Å². The van der Waals surface area contributed by atoms with Gasteiger partial charge in [0, 0.05) is 43.2 Å². The first-order chi connectivity index (χ1) is 12.7. The van der Waals surface area contributed by atoms with Gasteiger partial charge < -0.3 is 19.1 Å². The van der Waals surface area contributed by atoms with Crippen LogP contribution in [0.3, 0.4) is 0 Å². The Morgan fingerprint density at radius 1 is 1.07 bits per heavy atom. The first kappa shape index (κ1) is 17.6. The highest BCUT2D eigenvalue weighted by Crippen LogP contribution is 2.40. The van der Waals surface area contributed by atoms with Gasteiger partial charge in [0.05, 0.1) is 0 Å². The maximum absolute atomic E-state index is 12.6. The molecule has 1 spiro atoms. The van der Waals surface area contributed by atoms with E-state index in [-0.39, 0.29) is 17.4 Å². The predicted octanol–water partition coefficient (Wildman–Crippen LogP) is 3.03. The van der Waals surface area contributed by atoms with Crippen molar-refractivity contribution in [3.05, 3.63) is 42.1 Å². The smallest absolute Gasteiger partial charge is 0.410 e. The molecule has 0 N–H and O–H groups in total. The molecule has 2 fully saturated rings. The predicted molar refractivity (Wildman–Crippen MR) is 98.1 cm³/mol. The topological polar surface area (TPSA) is 75.9 Å². The van der Waals surface area contributed by atoms with Gasteiger partial charge in [-0.2, -0.15) is 0 Å². The summed E-state index contributed by atoms with van der Waals surface area (Å²) >= 11 is 0. The summed E-state index contributed by atoms with van der Waals surface area (Å²) in [5, 5.41) is 3.92. The lowest BCUT2D eigenvalue weighted by atomic mass is 9.73. The van der Waals surface area contributed by atoms with Crippen molar-refractivity contribution in [1.82, 2.24) is 15.0 Å². The van der Waals surface area contributed by atoms with Crippen LogP contribution in [0.4, 0.5) is 4.79 Å². The van der Waals surface area contributed by atoms with E-state index in [9.17, 15) is 9.59 Å². The molecule has 7 heteroatoms. The number of carbonyl (C=O) groups is 2. The molecule has 2 aliphatic rings. The summed E-state index contributed by atoms with van der Waals surface area (Å²) in [4.78, 5) is 28.1. The fourth-order valence-corrected chi connectivity index (χ4v) is 3.60. The van der Waals surface area contributed by atoms with E-state index in [1.165, 1.54) is 0 Å². The van der Waals surface area contributed by atoms with E-state index in [1.54, 1.807) is 15.9 Å². The highest BCUT2D eigenvalue weighted by molar-refractivity contribution is 5.94. The number of amides is 2. The van der Waals surface area contributed by atoms with E-state index < -0.39 is 5.60 Å². The van der Waals surface area contributed by atoms with Crippen LogP contribution < -0.4 is 0 Å². The molecule has 142 valence electrons. The summed E-state index contributed by atoms with van der Waals surface area (Å²) < 4.78 is 10.7. The number of rotatable bonds is 2. The van der Waals surface area contributed by atoms with Gasteiger partial charge in [0.25, 0.3) is 5.91 Å². The van der Waals surface area contributed by atoms with Gasteiger partial charge in [0.2, 0.25) is 0 Å². The Balaban J connectivity index is 1.31. The second kappa shape index (κ2) is 6.11. The second-order valence-electron chi connectivity index (χ2n) is 8.44. The average Bonchev–Trinajstić information content (AvgIpc) is 3.01. The third-order valence-corrected chi connectivity index (χ3v) is 4.83. The Morgan fingerprint density at radius 2 is 1.70 bits per heavy atom. The van der Waals surface area contributed by atoms with Crippen LogP contribution >= 0.6 is 0 Å². The number of ether oxygens (including phenoxy) is 1. The van der Waals surface area contributed by atoms with E-state index in [4.69, 9.17) is 9.26 Å². The van der Waals surface area contributed by atoms with E-state index in [0.29, 0.717) is 37.6 Å². The molecule has 2 amide bonds. The SMILES string of the molecule is CC(C)(C)OC(=O)N1CC2(C1)CN(C(=O)c1cc(-c3ccccc3)on1)C2. The largest absolute Gasteiger partial charge is 0.444 e. The number of nitrogens with zero attached hydrogens (tertiary/aromatic N) is 3. The Hall–Kier alpha value is -2.83. The average molecular weight is 369 g/mol. The normalized spacial score (nSPS) is 18.0. The molecule has 1 aromatic carbocycles. The molecule has 7 nitrogen and oxygen atoms in total. The van der Waals surface area contributed by atoms with Gasteiger partial charge in [0.1, 0.15) is 5.60 Å². The van der Waals surface area contributed by atoms with Crippen molar-refractivity contribution < 1.29 is 18.8 Å². The Bertz CT molecular complexity index is 855. The minimum absolute atomic E-state index is 0.00143. The standard InChI is InChI=1S/C20H23N3O4/c1-19(2,3)26-18(25)23-12-20(13-23)10-22(11-20)17(24)15-9-16(27-21-15)14-7-5-4-6-8-14/h4-9H,10-13H2,1-3H3. The van der Waals surface area contributed by atoms with Crippen molar-refractivity contribution in [3.63, 3.8) is 0 Å². The van der Waals surface area contributed by atoms with Crippen molar-refractivity contribution in [3.8, 4) is 11.3 Å². The zero-order chi connectivity index (χ0) is 19.2. The van der Waals surface area contributed by atoms with E-state index >= 15 is 0 Å². The van der Waals surface area contributed by atoms with Gasteiger partial charge in [-0.3, -0.25) is 4.79 Å². The summed E-state index contributed by atoms with van der Waals surface area (Å²) in [6.07, 6.45) is -0.290. The van der Waals surface area contributed by atoms with Crippen LogP contribution in [0, 0.1) is 5.41 Å². The summed E-state index contributed by atoms with van der Waals surface area (Å²) in [5.74, 6) is 0.441. The van der Waals surface area contributed by atoms with Crippen molar-refractivity contribution in [1.29, 1.82) is 0 Å². The lowest BCUT2D eigenvalue weighted by Gasteiger charge is -2.59. The van der Waals surface area contributed by atoms with Crippen molar-refractivity contribution in [2.45, 2.75) is 26.4 Å². The molecular weight excluding hydrogens is 346 g/mol. The van der Waals surface area contributed by atoms with Gasteiger partial charge in [-0.05, 0) is 20.8 Å². The Morgan fingerprint density at radius 3 is 2.33 bits per heavy atom. The minimum atomic E-state index is -0.495. The molecule has 0 aliphatic carbocycles. The zero-order valence-corrected chi connectivity index (χ0v) is 15.8. The van der Waals surface area contributed by atoms with Gasteiger partial charge in [-0.25, -0.2) is 4.79 Å². The number of benzene rings is 1. The van der Waals surface area contributed by atoms with Crippen molar-refractivity contribution in [2.24, 2.45) is 5.41 Å². The van der Waals surface area contributed by atoms with Gasteiger partial charge in [-0.15, -0.1) is 0 Å². The molecule has 0 saturated carbocycles. The van der Waals surface area contributed by atoms with E-state index in [2.05, 4.69) is 5.16 Å². The molecule has 2 saturated heterocycles. The molecule has 27 heavy (non-hydrogen) atoms. The third kappa shape index (κ3) is 3.41. The number of hydrogen-bond donors (Lipinski definition) is 0. The maximum Gasteiger partial charge on any atom is 0.410 e. The molecule has 0 bridgehead atoms. The molecule has 0 unspecified atom stereocenters. The van der Waals surface area contributed by atoms with Crippen LogP contribution in [0.25, 0.3) is 11.3 Å². The maximum atomic E-state index is 12.6. The molecule has 1 aromatic heterocycles. The number of carbonyl (C=O) groups excluding carboxylic acids is 2. The van der Waals surface area contributed by atoms with Crippen molar-refractivity contribution in [2.75, 3.05) is 26.2 Å². The molecular formula is C20H23N3O4.